The van der Waals surface area contributed by atoms with Crippen molar-refractivity contribution in [3.63, 3.8) is 0 Å². The van der Waals surface area contributed by atoms with Crippen molar-refractivity contribution in [3.8, 4) is 0 Å². The monoisotopic (exact) mass is 240 g/mol. The van der Waals surface area contributed by atoms with Crippen molar-refractivity contribution in [2.75, 3.05) is 19.6 Å². The smallest absolute Gasteiger partial charge is 0.241 e. The topological polar surface area (TPSA) is 49.4 Å². The Morgan fingerprint density at radius 2 is 1.82 bits per heavy atom. The minimum atomic E-state index is -0.237. The molecule has 0 aliphatic carbocycles. The maximum Gasteiger partial charge on any atom is 0.241 e. The van der Waals surface area contributed by atoms with Crippen LogP contribution in [0.4, 0.5) is 0 Å². The third-order valence-corrected chi connectivity index (χ3v) is 2.80. The first-order valence-electron chi connectivity index (χ1n) is 6.15. The number of hydrogen-bond acceptors (Lipinski definition) is 2. The molecular weight excluding hydrogens is 216 g/mol. The Bertz CT molecular complexity index is 271. The van der Waals surface area contributed by atoms with Crippen LogP contribution in [0.25, 0.3) is 0 Å². The second-order valence-electron chi connectivity index (χ2n) is 4.29. The zero-order valence-corrected chi connectivity index (χ0v) is 11.3. The van der Waals surface area contributed by atoms with Crippen molar-refractivity contribution < 1.29 is 9.59 Å². The van der Waals surface area contributed by atoms with Gasteiger partial charge in [-0.25, -0.2) is 0 Å². The molecule has 0 fully saturated rings. The molecule has 0 aromatic rings. The van der Waals surface area contributed by atoms with E-state index in [1.165, 1.54) is 0 Å². The Labute approximate surface area is 104 Å². The summed E-state index contributed by atoms with van der Waals surface area (Å²) in [7, 11) is 0. The van der Waals surface area contributed by atoms with E-state index in [9.17, 15) is 9.59 Å². The summed E-state index contributed by atoms with van der Waals surface area (Å²) < 4.78 is 0. The fourth-order valence-corrected chi connectivity index (χ4v) is 1.65. The van der Waals surface area contributed by atoms with Crippen LogP contribution in [0, 0.1) is 11.8 Å². The summed E-state index contributed by atoms with van der Waals surface area (Å²) in [5.41, 5.74) is 0. The van der Waals surface area contributed by atoms with Crippen LogP contribution in [-0.4, -0.2) is 36.3 Å². The Morgan fingerprint density at radius 1 is 1.29 bits per heavy atom. The van der Waals surface area contributed by atoms with Crippen LogP contribution in [0.2, 0.25) is 0 Å². The molecule has 0 rings (SSSR count). The van der Waals surface area contributed by atoms with E-state index >= 15 is 0 Å². The Kier molecular flexibility index (Phi) is 7.26. The predicted octanol–water partition coefficient (Wildman–Crippen LogP) is 1.43. The third kappa shape index (κ3) is 5.02. The number of amides is 2. The number of carbonyl (C=O) groups is 2. The Hall–Kier alpha value is -1.32. The van der Waals surface area contributed by atoms with Gasteiger partial charge in [-0.1, -0.05) is 19.9 Å². The van der Waals surface area contributed by atoms with E-state index in [1.54, 1.807) is 11.0 Å². The lowest BCUT2D eigenvalue weighted by Gasteiger charge is -2.20. The Morgan fingerprint density at radius 3 is 2.18 bits per heavy atom. The second-order valence-corrected chi connectivity index (χ2v) is 4.29. The first-order chi connectivity index (χ1) is 7.97. The predicted molar refractivity (Wildman–Crippen MR) is 69.5 cm³/mol. The summed E-state index contributed by atoms with van der Waals surface area (Å²) in [6.07, 6.45) is 1.63. The van der Waals surface area contributed by atoms with Gasteiger partial charge in [-0.05, 0) is 19.8 Å². The number of hydrogen-bond donors (Lipinski definition) is 1. The number of nitrogens with zero attached hydrogens (tertiary/aromatic N) is 1. The molecular formula is C13H24N2O2. The van der Waals surface area contributed by atoms with Gasteiger partial charge in [0.05, 0.1) is 12.5 Å². The number of likely N-dealkylation sites (N-methyl/N-ethyl adjacent to an activating group) is 1. The van der Waals surface area contributed by atoms with Crippen molar-refractivity contribution in [2.24, 2.45) is 11.8 Å². The van der Waals surface area contributed by atoms with Crippen LogP contribution < -0.4 is 5.32 Å². The quantitative estimate of drug-likeness (QED) is 0.684. The minimum Gasteiger partial charge on any atom is -0.347 e. The molecule has 4 heteroatoms. The van der Waals surface area contributed by atoms with Crippen molar-refractivity contribution in [1.82, 2.24) is 10.2 Å². The molecule has 0 spiro atoms. The maximum atomic E-state index is 11.8. The normalized spacial score (nSPS) is 12.1. The molecule has 4 nitrogen and oxygen atoms in total. The van der Waals surface area contributed by atoms with Gasteiger partial charge in [0, 0.05) is 13.1 Å². The molecule has 0 aromatic carbocycles. The van der Waals surface area contributed by atoms with Crippen molar-refractivity contribution in [1.29, 1.82) is 0 Å². The summed E-state index contributed by atoms with van der Waals surface area (Å²) in [5, 5.41) is 2.66. The van der Waals surface area contributed by atoms with Crippen LogP contribution in [0.1, 0.15) is 27.7 Å². The van der Waals surface area contributed by atoms with Crippen LogP contribution in [0.5, 0.6) is 0 Å². The molecule has 17 heavy (non-hydrogen) atoms. The maximum absolute atomic E-state index is 11.8. The standard InChI is InChI=1S/C13H24N2O2/c1-6-11(10(4)5)13(17)14-9-12(16)15(7-2)8-3/h6,10-11H,1,7-9H2,2-5H3,(H,14,17). The highest BCUT2D eigenvalue weighted by Crippen LogP contribution is 2.11. The van der Waals surface area contributed by atoms with Gasteiger partial charge in [0.15, 0.2) is 0 Å². The van der Waals surface area contributed by atoms with E-state index in [-0.39, 0.29) is 30.2 Å². The molecule has 0 heterocycles. The summed E-state index contributed by atoms with van der Waals surface area (Å²) >= 11 is 0. The van der Waals surface area contributed by atoms with E-state index in [0.717, 1.165) is 0 Å². The molecule has 0 aromatic heterocycles. The van der Waals surface area contributed by atoms with Crippen molar-refractivity contribution >= 4 is 11.8 Å². The summed E-state index contributed by atoms with van der Waals surface area (Å²) in [6, 6.07) is 0. The van der Waals surface area contributed by atoms with Crippen molar-refractivity contribution in [2.45, 2.75) is 27.7 Å². The molecule has 0 radical (unpaired) electrons. The van der Waals surface area contributed by atoms with Gasteiger partial charge < -0.3 is 10.2 Å². The van der Waals surface area contributed by atoms with Crippen molar-refractivity contribution in [3.05, 3.63) is 12.7 Å². The highest BCUT2D eigenvalue weighted by Gasteiger charge is 2.19. The SMILES string of the molecule is C=CC(C(=O)NCC(=O)N(CC)CC)C(C)C. The molecule has 98 valence electrons. The van der Waals surface area contributed by atoms with E-state index < -0.39 is 0 Å². The zero-order chi connectivity index (χ0) is 13.4. The molecule has 0 saturated heterocycles. The lowest BCUT2D eigenvalue weighted by molar-refractivity contribution is -0.133. The highest BCUT2D eigenvalue weighted by molar-refractivity contribution is 5.86. The average molecular weight is 240 g/mol. The van der Waals surface area contributed by atoms with Crippen LogP contribution in [0.15, 0.2) is 12.7 Å². The van der Waals surface area contributed by atoms with E-state index in [2.05, 4.69) is 11.9 Å². The second kappa shape index (κ2) is 7.87. The molecule has 0 aliphatic heterocycles. The van der Waals surface area contributed by atoms with Gasteiger partial charge in [0.1, 0.15) is 0 Å². The summed E-state index contributed by atoms with van der Waals surface area (Å²) in [6.45, 7) is 12.8. The van der Waals surface area contributed by atoms with E-state index in [0.29, 0.717) is 13.1 Å². The van der Waals surface area contributed by atoms with Crippen LogP contribution in [0.3, 0.4) is 0 Å². The molecule has 0 bridgehead atoms. The fourth-order valence-electron chi connectivity index (χ4n) is 1.65. The molecule has 2 amide bonds. The van der Waals surface area contributed by atoms with Gasteiger partial charge in [0.25, 0.3) is 0 Å². The molecule has 0 aliphatic rings. The van der Waals surface area contributed by atoms with Gasteiger partial charge in [-0.3, -0.25) is 9.59 Å². The summed E-state index contributed by atoms with van der Waals surface area (Å²) in [5.74, 6) is -0.221. The van der Waals surface area contributed by atoms with Gasteiger partial charge in [-0.15, -0.1) is 6.58 Å². The van der Waals surface area contributed by atoms with Crippen LogP contribution in [-0.2, 0) is 9.59 Å². The lowest BCUT2D eigenvalue weighted by atomic mass is 9.95. The average Bonchev–Trinajstić information content (AvgIpc) is 2.28. The highest BCUT2D eigenvalue weighted by atomic mass is 16.2. The van der Waals surface area contributed by atoms with Gasteiger partial charge >= 0.3 is 0 Å². The largest absolute Gasteiger partial charge is 0.347 e. The first kappa shape index (κ1) is 15.7. The van der Waals surface area contributed by atoms with E-state index in [1.807, 2.05) is 27.7 Å². The van der Waals surface area contributed by atoms with Gasteiger partial charge in [0.2, 0.25) is 11.8 Å². The number of rotatable bonds is 7. The molecule has 1 unspecified atom stereocenters. The Balaban J connectivity index is 4.23. The zero-order valence-electron chi connectivity index (χ0n) is 11.3. The lowest BCUT2D eigenvalue weighted by Crippen LogP contribution is -2.42. The molecule has 0 saturated carbocycles. The number of carbonyl (C=O) groups excluding carboxylic acids is 2. The minimum absolute atomic E-state index is 0.0464. The first-order valence-corrected chi connectivity index (χ1v) is 6.15. The van der Waals surface area contributed by atoms with Gasteiger partial charge in [-0.2, -0.15) is 0 Å². The molecule has 1 N–H and O–H groups in total. The number of nitrogens with one attached hydrogen (secondary N) is 1. The fraction of sp³-hybridized carbons (Fsp3) is 0.692. The van der Waals surface area contributed by atoms with Crippen LogP contribution >= 0.6 is 0 Å². The van der Waals surface area contributed by atoms with E-state index in [4.69, 9.17) is 0 Å². The molecule has 1 atom stereocenters. The summed E-state index contributed by atoms with van der Waals surface area (Å²) in [4.78, 5) is 25.1. The third-order valence-electron chi connectivity index (χ3n) is 2.80.